The summed E-state index contributed by atoms with van der Waals surface area (Å²) in [5.74, 6) is -1.51. The van der Waals surface area contributed by atoms with E-state index >= 15 is 0 Å². The Balaban J connectivity index is 2.35. The third-order valence-corrected chi connectivity index (χ3v) is 3.15. The second-order valence-electron chi connectivity index (χ2n) is 3.71. The van der Waals surface area contributed by atoms with Gasteiger partial charge in [-0.15, -0.1) is 5.10 Å². The highest BCUT2D eigenvalue weighted by molar-refractivity contribution is 14.1. The third-order valence-electron chi connectivity index (χ3n) is 2.43. The van der Waals surface area contributed by atoms with E-state index in [1.165, 1.54) is 0 Å². The van der Waals surface area contributed by atoms with Gasteiger partial charge in [0, 0.05) is 3.57 Å². The third kappa shape index (κ3) is 3.06. The first kappa shape index (κ1) is 13.8. The molecule has 0 unspecified atom stereocenters. The van der Waals surface area contributed by atoms with Crippen molar-refractivity contribution in [3.05, 3.63) is 44.8 Å². The maximum atomic E-state index is 12.9. The summed E-state index contributed by atoms with van der Waals surface area (Å²) in [4.78, 5) is 10.8. The summed E-state index contributed by atoms with van der Waals surface area (Å²) in [6.45, 7) is 0.0525. The second-order valence-corrected chi connectivity index (χ2v) is 4.96. The quantitative estimate of drug-likeness (QED) is 0.830. The van der Waals surface area contributed by atoms with Gasteiger partial charge in [0.25, 0.3) is 6.43 Å². The van der Waals surface area contributed by atoms with Gasteiger partial charge in [0.1, 0.15) is 5.69 Å². The zero-order chi connectivity index (χ0) is 14.0. The number of hydrogen-bond acceptors (Lipinski definition) is 3. The number of carboxylic acid groups (broad SMARTS) is 1. The van der Waals surface area contributed by atoms with E-state index in [2.05, 4.69) is 32.9 Å². The molecule has 0 saturated carbocycles. The number of carbonyl (C=O) groups is 1. The van der Waals surface area contributed by atoms with Crippen molar-refractivity contribution in [2.75, 3.05) is 0 Å². The molecule has 0 aliphatic rings. The van der Waals surface area contributed by atoms with Gasteiger partial charge in [-0.1, -0.05) is 17.3 Å². The van der Waals surface area contributed by atoms with Crippen LogP contribution >= 0.6 is 22.6 Å². The molecule has 8 heteroatoms. The molecule has 1 aromatic heterocycles. The largest absolute Gasteiger partial charge is 0.476 e. The Hall–Kier alpha value is -1.58. The molecule has 1 N–H and O–H groups in total. The molecule has 0 amide bonds. The molecule has 0 aliphatic heterocycles. The van der Waals surface area contributed by atoms with Crippen molar-refractivity contribution < 1.29 is 18.7 Å². The highest BCUT2D eigenvalue weighted by atomic mass is 127. The molecule has 0 saturated heterocycles. The van der Waals surface area contributed by atoms with Gasteiger partial charge in [-0.2, -0.15) is 0 Å². The fraction of sp³-hybridized carbons (Fsp3) is 0.182. The van der Waals surface area contributed by atoms with E-state index in [9.17, 15) is 13.6 Å². The van der Waals surface area contributed by atoms with Crippen LogP contribution < -0.4 is 0 Å². The van der Waals surface area contributed by atoms with Crippen LogP contribution in [-0.4, -0.2) is 26.1 Å². The molecule has 2 rings (SSSR count). The van der Waals surface area contributed by atoms with Crippen LogP contribution in [-0.2, 0) is 6.54 Å². The van der Waals surface area contributed by atoms with Crippen molar-refractivity contribution >= 4 is 28.6 Å². The average Bonchev–Trinajstić information content (AvgIpc) is 2.76. The summed E-state index contributed by atoms with van der Waals surface area (Å²) in [5.41, 5.74) is -0.643. The van der Waals surface area contributed by atoms with Crippen LogP contribution in [0.15, 0.2) is 24.3 Å². The summed E-state index contributed by atoms with van der Waals surface area (Å²) in [6, 6.07) is 7.18. The number of halogens is 3. The second kappa shape index (κ2) is 5.59. The first-order chi connectivity index (χ1) is 8.99. The van der Waals surface area contributed by atoms with Crippen LogP contribution in [0.2, 0.25) is 0 Å². The first-order valence-corrected chi connectivity index (χ1v) is 6.26. The standard InChI is InChI=1S/C11H8F2IN3O2/c12-10(13)9-8(11(18)19)15-16-17(9)5-6-1-3-7(14)4-2-6/h1-4,10H,5H2,(H,18,19). The highest BCUT2D eigenvalue weighted by Crippen LogP contribution is 2.22. The van der Waals surface area contributed by atoms with Crippen molar-refractivity contribution in [3.8, 4) is 0 Å². The number of benzene rings is 1. The Morgan fingerprint density at radius 2 is 2.00 bits per heavy atom. The predicted molar refractivity (Wildman–Crippen MR) is 70.2 cm³/mol. The lowest BCUT2D eigenvalue weighted by Gasteiger charge is -2.06. The van der Waals surface area contributed by atoms with Gasteiger partial charge in [0.05, 0.1) is 6.54 Å². The minimum absolute atomic E-state index is 0.0525. The lowest BCUT2D eigenvalue weighted by atomic mass is 10.2. The molecule has 19 heavy (non-hydrogen) atoms. The molecular formula is C11H8F2IN3O2. The number of aromatic carboxylic acids is 1. The van der Waals surface area contributed by atoms with E-state index in [0.717, 1.165) is 13.8 Å². The van der Waals surface area contributed by atoms with Crippen molar-refractivity contribution in [1.29, 1.82) is 0 Å². The van der Waals surface area contributed by atoms with Crippen molar-refractivity contribution in [2.24, 2.45) is 0 Å². The van der Waals surface area contributed by atoms with E-state index in [-0.39, 0.29) is 6.54 Å². The Kier molecular flexibility index (Phi) is 4.08. The molecule has 100 valence electrons. The van der Waals surface area contributed by atoms with Crippen LogP contribution in [0.4, 0.5) is 8.78 Å². The molecule has 5 nitrogen and oxygen atoms in total. The van der Waals surface area contributed by atoms with Crippen LogP contribution in [0, 0.1) is 3.57 Å². The van der Waals surface area contributed by atoms with Gasteiger partial charge >= 0.3 is 5.97 Å². The highest BCUT2D eigenvalue weighted by Gasteiger charge is 2.26. The summed E-state index contributed by atoms with van der Waals surface area (Å²) in [7, 11) is 0. The smallest absolute Gasteiger partial charge is 0.358 e. The zero-order valence-electron chi connectivity index (χ0n) is 9.42. The molecule has 0 aliphatic carbocycles. The lowest BCUT2D eigenvalue weighted by molar-refractivity contribution is 0.0675. The Labute approximate surface area is 120 Å². The van der Waals surface area contributed by atoms with Gasteiger partial charge < -0.3 is 5.11 Å². The van der Waals surface area contributed by atoms with Gasteiger partial charge in [-0.25, -0.2) is 18.3 Å². The molecule has 1 aromatic carbocycles. The lowest BCUT2D eigenvalue weighted by Crippen LogP contribution is -2.09. The van der Waals surface area contributed by atoms with Crippen LogP contribution in [0.1, 0.15) is 28.2 Å². The zero-order valence-corrected chi connectivity index (χ0v) is 11.6. The summed E-state index contributed by atoms with van der Waals surface area (Å²) >= 11 is 2.13. The molecule has 0 radical (unpaired) electrons. The van der Waals surface area contributed by atoms with E-state index in [0.29, 0.717) is 0 Å². The van der Waals surface area contributed by atoms with Crippen molar-refractivity contribution in [3.63, 3.8) is 0 Å². The van der Waals surface area contributed by atoms with Gasteiger partial charge in [0.2, 0.25) is 0 Å². The van der Waals surface area contributed by atoms with Gasteiger partial charge in [0.15, 0.2) is 5.69 Å². The minimum Gasteiger partial charge on any atom is -0.476 e. The topological polar surface area (TPSA) is 68.0 Å². The van der Waals surface area contributed by atoms with Crippen molar-refractivity contribution in [2.45, 2.75) is 13.0 Å². The van der Waals surface area contributed by atoms with E-state index in [1.54, 1.807) is 12.1 Å². The molecular weight excluding hydrogens is 371 g/mol. The van der Waals surface area contributed by atoms with Crippen LogP contribution in [0.3, 0.4) is 0 Å². The van der Waals surface area contributed by atoms with Gasteiger partial charge in [-0.05, 0) is 40.3 Å². The fourth-order valence-electron chi connectivity index (χ4n) is 1.57. The summed E-state index contributed by atoms with van der Waals surface area (Å²) < 4.78 is 27.7. The molecule has 0 atom stereocenters. The van der Waals surface area contributed by atoms with Crippen molar-refractivity contribution in [1.82, 2.24) is 15.0 Å². The number of rotatable bonds is 4. The number of carboxylic acids is 1. The molecule has 0 bridgehead atoms. The average molecular weight is 379 g/mol. The van der Waals surface area contributed by atoms with E-state index < -0.39 is 23.8 Å². The number of hydrogen-bond donors (Lipinski definition) is 1. The first-order valence-electron chi connectivity index (χ1n) is 5.18. The Morgan fingerprint density at radius 1 is 1.37 bits per heavy atom. The molecule has 0 fully saturated rings. The minimum atomic E-state index is -2.94. The van der Waals surface area contributed by atoms with Crippen LogP contribution in [0.5, 0.6) is 0 Å². The monoisotopic (exact) mass is 379 g/mol. The number of alkyl halides is 2. The maximum Gasteiger partial charge on any atom is 0.358 e. The Morgan fingerprint density at radius 3 is 2.53 bits per heavy atom. The maximum absolute atomic E-state index is 12.9. The Bertz CT molecular complexity index is 598. The van der Waals surface area contributed by atoms with E-state index in [1.807, 2.05) is 12.1 Å². The van der Waals surface area contributed by atoms with Gasteiger partial charge in [-0.3, -0.25) is 0 Å². The fourth-order valence-corrected chi connectivity index (χ4v) is 1.93. The summed E-state index contributed by atoms with van der Waals surface area (Å²) in [5, 5.41) is 15.5. The summed E-state index contributed by atoms with van der Waals surface area (Å²) in [6.07, 6.45) is -2.94. The molecule has 2 aromatic rings. The van der Waals surface area contributed by atoms with Crippen LogP contribution in [0.25, 0.3) is 0 Å². The SMILES string of the molecule is O=C(O)c1nnn(Cc2ccc(I)cc2)c1C(F)F. The predicted octanol–water partition coefficient (Wildman–Crippen LogP) is 2.57. The number of nitrogens with zero attached hydrogens (tertiary/aromatic N) is 3. The molecule has 0 spiro atoms. The van der Waals surface area contributed by atoms with E-state index in [4.69, 9.17) is 5.11 Å². The number of aromatic nitrogens is 3. The molecule has 1 heterocycles. The normalized spacial score (nSPS) is 10.9.